The van der Waals surface area contributed by atoms with Crippen molar-refractivity contribution in [3.8, 4) is 5.82 Å². The molecule has 1 saturated heterocycles. The number of aromatic nitrogens is 4. The number of hydrogen-bond donors (Lipinski definition) is 1. The van der Waals surface area contributed by atoms with Crippen molar-refractivity contribution in [1.82, 2.24) is 19.5 Å². The van der Waals surface area contributed by atoms with E-state index in [-0.39, 0.29) is 11.8 Å². The summed E-state index contributed by atoms with van der Waals surface area (Å²) in [6.07, 6.45) is 9.40. The maximum absolute atomic E-state index is 12.7. The molecule has 1 aliphatic rings. The summed E-state index contributed by atoms with van der Waals surface area (Å²) >= 11 is 0. The van der Waals surface area contributed by atoms with E-state index < -0.39 is 0 Å². The number of nitrogens with one attached hydrogen (secondary N) is 1. The fourth-order valence-corrected chi connectivity index (χ4v) is 3.60. The quantitative estimate of drug-likeness (QED) is 0.741. The molecule has 0 atom stereocenters. The third kappa shape index (κ3) is 3.88. The largest absolute Gasteiger partial charge is 0.356 e. The van der Waals surface area contributed by atoms with Gasteiger partial charge in [0.15, 0.2) is 0 Å². The van der Waals surface area contributed by atoms with Crippen molar-refractivity contribution in [2.45, 2.75) is 26.2 Å². The normalized spacial score (nSPS) is 14.8. The molecule has 0 unspecified atom stereocenters. The van der Waals surface area contributed by atoms with Crippen LogP contribution in [0.5, 0.6) is 0 Å². The Kier molecular flexibility index (Phi) is 5.32. The van der Waals surface area contributed by atoms with Crippen LogP contribution in [0.4, 0.5) is 11.5 Å². The molecule has 0 radical (unpaired) electrons. The first-order chi connectivity index (χ1) is 13.7. The van der Waals surface area contributed by atoms with E-state index in [1.54, 1.807) is 18.9 Å². The van der Waals surface area contributed by atoms with E-state index in [4.69, 9.17) is 0 Å². The number of aryl methyl sites for hydroxylation is 1. The van der Waals surface area contributed by atoms with E-state index in [0.717, 1.165) is 49.7 Å². The summed E-state index contributed by atoms with van der Waals surface area (Å²) in [4.78, 5) is 27.7. The average molecular weight is 376 g/mol. The van der Waals surface area contributed by atoms with Crippen LogP contribution in [0.3, 0.4) is 0 Å². The van der Waals surface area contributed by atoms with Gasteiger partial charge in [0.1, 0.15) is 24.3 Å². The lowest BCUT2D eigenvalue weighted by Gasteiger charge is -2.32. The molecule has 1 fully saturated rings. The average Bonchev–Trinajstić information content (AvgIpc) is 3.29. The van der Waals surface area contributed by atoms with Crippen molar-refractivity contribution < 1.29 is 4.79 Å². The minimum Gasteiger partial charge on any atom is -0.356 e. The van der Waals surface area contributed by atoms with E-state index in [2.05, 4.69) is 38.2 Å². The topological polar surface area (TPSA) is 75.9 Å². The molecule has 1 N–H and O–H groups in total. The summed E-state index contributed by atoms with van der Waals surface area (Å²) in [7, 11) is 0. The number of piperidine rings is 1. The minimum atomic E-state index is 0.0242. The summed E-state index contributed by atoms with van der Waals surface area (Å²) in [6, 6.07) is 9.96. The van der Waals surface area contributed by atoms with Crippen molar-refractivity contribution in [2.24, 2.45) is 5.92 Å². The molecular formula is C21H24N6O. The smallest absolute Gasteiger partial charge is 0.227 e. The number of benzene rings is 1. The van der Waals surface area contributed by atoms with Gasteiger partial charge in [-0.3, -0.25) is 9.36 Å². The number of anilines is 2. The zero-order chi connectivity index (χ0) is 19.3. The van der Waals surface area contributed by atoms with Gasteiger partial charge in [-0.15, -0.1) is 0 Å². The first kappa shape index (κ1) is 18.2. The number of amides is 1. The van der Waals surface area contributed by atoms with Crippen LogP contribution in [0.2, 0.25) is 0 Å². The van der Waals surface area contributed by atoms with Gasteiger partial charge < -0.3 is 10.2 Å². The second-order valence-corrected chi connectivity index (χ2v) is 6.97. The Morgan fingerprint density at radius 3 is 2.71 bits per heavy atom. The molecule has 1 amide bonds. The number of rotatable bonds is 5. The Balaban J connectivity index is 1.38. The van der Waals surface area contributed by atoms with E-state index in [1.807, 2.05) is 35.0 Å². The van der Waals surface area contributed by atoms with Crippen LogP contribution in [0.1, 0.15) is 25.3 Å². The molecule has 0 aliphatic carbocycles. The Morgan fingerprint density at radius 1 is 1.18 bits per heavy atom. The Labute approximate surface area is 164 Å². The van der Waals surface area contributed by atoms with Crippen LogP contribution < -0.4 is 10.2 Å². The molecule has 2 aromatic heterocycles. The van der Waals surface area contributed by atoms with Crippen molar-refractivity contribution in [2.75, 3.05) is 23.3 Å². The van der Waals surface area contributed by atoms with Gasteiger partial charge in [0.25, 0.3) is 0 Å². The Hall–Kier alpha value is -3.22. The van der Waals surface area contributed by atoms with Gasteiger partial charge in [-0.1, -0.05) is 25.1 Å². The zero-order valence-electron chi connectivity index (χ0n) is 16.0. The van der Waals surface area contributed by atoms with Gasteiger partial charge in [0, 0.05) is 43.2 Å². The van der Waals surface area contributed by atoms with Gasteiger partial charge in [0.2, 0.25) is 5.91 Å². The van der Waals surface area contributed by atoms with Crippen LogP contribution in [0.25, 0.3) is 5.82 Å². The van der Waals surface area contributed by atoms with Gasteiger partial charge >= 0.3 is 0 Å². The fourth-order valence-electron chi connectivity index (χ4n) is 3.60. The molecule has 144 valence electrons. The lowest BCUT2D eigenvalue weighted by molar-refractivity contribution is -0.120. The molecule has 28 heavy (non-hydrogen) atoms. The summed E-state index contributed by atoms with van der Waals surface area (Å²) in [5.41, 5.74) is 2.10. The zero-order valence-corrected chi connectivity index (χ0v) is 16.0. The lowest BCUT2D eigenvalue weighted by atomic mass is 9.95. The number of imidazole rings is 1. The molecule has 1 aliphatic heterocycles. The number of carbonyl (C=O) groups is 1. The van der Waals surface area contributed by atoms with E-state index in [0.29, 0.717) is 0 Å². The van der Waals surface area contributed by atoms with Gasteiger partial charge in [-0.05, 0) is 30.9 Å². The molecule has 4 rings (SSSR count). The molecule has 3 heterocycles. The molecule has 0 spiro atoms. The highest BCUT2D eigenvalue weighted by atomic mass is 16.1. The SMILES string of the molecule is CCc1ccccc1NC(=O)C1CCN(c2cc(-n3ccnc3)ncn2)CC1. The maximum atomic E-state index is 12.7. The Morgan fingerprint density at radius 2 is 1.96 bits per heavy atom. The number of hydrogen-bond acceptors (Lipinski definition) is 5. The number of carbonyl (C=O) groups excluding carboxylic acids is 1. The molecule has 1 aromatic carbocycles. The van der Waals surface area contributed by atoms with Crippen molar-refractivity contribution in [3.63, 3.8) is 0 Å². The minimum absolute atomic E-state index is 0.0242. The predicted molar refractivity (Wildman–Crippen MR) is 109 cm³/mol. The maximum Gasteiger partial charge on any atom is 0.227 e. The summed E-state index contributed by atoms with van der Waals surface area (Å²) in [6.45, 7) is 3.70. The summed E-state index contributed by atoms with van der Waals surface area (Å²) < 4.78 is 1.86. The van der Waals surface area contributed by atoms with Crippen LogP contribution in [0.15, 0.2) is 55.4 Å². The number of para-hydroxylation sites is 1. The fraction of sp³-hybridized carbons (Fsp3) is 0.333. The van der Waals surface area contributed by atoms with Crippen LogP contribution in [-0.2, 0) is 11.2 Å². The van der Waals surface area contributed by atoms with Gasteiger partial charge in [-0.2, -0.15) is 0 Å². The van der Waals surface area contributed by atoms with Crippen LogP contribution in [0, 0.1) is 5.92 Å². The molecule has 3 aromatic rings. The van der Waals surface area contributed by atoms with E-state index in [1.165, 1.54) is 5.56 Å². The van der Waals surface area contributed by atoms with Crippen molar-refractivity contribution >= 4 is 17.4 Å². The molecule has 0 saturated carbocycles. The van der Waals surface area contributed by atoms with Crippen molar-refractivity contribution in [1.29, 1.82) is 0 Å². The highest BCUT2D eigenvalue weighted by molar-refractivity contribution is 5.93. The molecule has 0 bridgehead atoms. The number of nitrogens with zero attached hydrogens (tertiary/aromatic N) is 5. The van der Waals surface area contributed by atoms with E-state index in [9.17, 15) is 4.79 Å². The Bertz CT molecular complexity index is 932. The van der Waals surface area contributed by atoms with Gasteiger partial charge in [0.05, 0.1) is 0 Å². The van der Waals surface area contributed by atoms with Crippen LogP contribution in [-0.4, -0.2) is 38.5 Å². The monoisotopic (exact) mass is 376 g/mol. The first-order valence-electron chi connectivity index (χ1n) is 9.68. The highest BCUT2D eigenvalue weighted by Crippen LogP contribution is 2.25. The highest BCUT2D eigenvalue weighted by Gasteiger charge is 2.26. The second kappa shape index (κ2) is 8.21. The molecule has 7 nitrogen and oxygen atoms in total. The van der Waals surface area contributed by atoms with E-state index >= 15 is 0 Å². The van der Waals surface area contributed by atoms with Gasteiger partial charge in [-0.25, -0.2) is 15.0 Å². The third-order valence-electron chi connectivity index (χ3n) is 5.25. The second-order valence-electron chi connectivity index (χ2n) is 6.97. The standard InChI is InChI=1S/C21H24N6O/c1-2-16-5-3-4-6-18(16)25-21(28)17-7-10-26(11-8-17)19-13-20(24-14-23-19)27-12-9-22-15-27/h3-6,9,12-15,17H,2,7-8,10-11H2,1H3,(H,25,28). The molecule has 7 heteroatoms. The molecular weight excluding hydrogens is 352 g/mol. The third-order valence-corrected chi connectivity index (χ3v) is 5.25. The predicted octanol–water partition coefficient (Wildman–Crippen LogP) is 3.08. The van der Waals surface area contributed by atoms with Crippen LogP contribution >= 0.6 is 0 Å². The summed E-state index contributed by atoms with van der Waals surface area (Å²) in [5, 5.41) is 3.12. The lowest BCUT2D eigenvalue weighted by Crippen LogP contribution is -2.38. The summed E-state index contributed by atoms with van der Waals surface area (Å²) in [5.74, 6) is 1.81. The first-order valence-corrected chi connectivity index (χ1v) is 9.68. The van der Waals surface area contributed by atoms with Crippen molar-refractivity contribution in [3.05, 3.63) is 60.9 Å².